The Morgan fingerprint density at radius 2 is 1.86 bits per heavy atom. The summed E-state index contributed by atoms with van der Waals surface area (Å²) in [7, 11) is 0. The molecule has 0 saturated heterocycles. The monoisotopic (exact) mass is 410 g/mol. The van der Waals surface area contributed by atoms with Crippen LogP contribution < -0.4 is 5.32 Å². The molecular formula is C21H16Cl2N4O. The van der Waals surface area contributed by atoms with Crippen molar-refractivity contribution in [3.8, 4) is 11.4 Å². The lowest BCUT2D eigenvalue weighted by atomic mass is 10.0. The van der Waals surface area contributed by atoms with Gasteiger partial charge in [-0.1, -0.05) is 48.3 Å². The third-order valence-electron chi connectivity index (χ3n) is 4.53. The number of benzene rings is 2. The number of aromatic nitrogens is 3. The maximum atomic E-state index is 12.8. The third kappa shape index (κ3) is 3.23. The molecule has 1 amide bonds. The molecule has 0 bridgehead atoms. The van der Waals surface area contributed by atoms with Crippen LogP contribution >= 0.6 is 23.2 Å². The SMILES string of the molecule is CCc1cnc2c(NC(=O)c3c(Cl)cccc3Cl)cccc2c1-c1ncc[nH]1. The molecule has 0 aliphatic carbocycles. The standard InChI is InChI=1S/C21H16Cl2N4O/c1-2-12-11-26-19-13(17(12)20-24-9-10-25-20)5-3-8-16(19)27-21(28)18-14(22)6-4-7-15(18)23/h3-11H,2H2,1H3,(H,24,25)(H,27,28). The quantitative estimate of drug-likeness (QED) is 0.450. The van der Waals surface area contributed by atoms with Gasteiger partial charge in [-0.15, -0.1) is 0 Å². The zero-order valence-corrected chi connectivity index (χ0v) is 16.5. The second kappa shape index (κ2) is 7.62. The maximum Gasteiger partial charge on any atom is 0.258 e. The highest BCUT2D eigenvalue weighted by molar-refractivity contribution is 6.40. The molecule has 2 heterocycles. The summed E-state index contributed by atoms with van der Waals surface area (Å²) < 4.78 is 0. The zero-order valence-electron chi connectivity index (χ0n) is 15.0. The number of carbonyl (C=O) groups is 1. The Kier molecular flexibility index (Phi) is 5.03. The minimum Gasteiger partial charge on any atom is -0.345 e. The van der Waals surface area contributed by atoms with E-state index in [1.807, 2.05) is 18.3 Å². The number of hydrogen-bond donors (Lipinski definition) is 2. The molecular weight excluding hydrogens is 395 g/mol. The first-order chi connectivity index (χ1) is 13.6. The Morgan fingerprint density at radius 1 is 1.11 bits per heavy atom. The van der Waals surface area contributed by atoms with Crippen molar-refractivity contribution in [3.63, 3.8) is 0 Å². The fraction of sp³-hybridized carbons (Fsp3) is 0.0952. The number of carbonyl (C=O) groups excluding carboxylic acids is 1. The van der Waals surface area contributed by atoms with Crippen LogP contribution in [0.2, 0.25) is 10.0 Å². The Balaban J connectivity index is 1.83. The molecule has 5 nitrogen and oxygen atoms in total. The van der Waals surface area contributed by atoms with Crippen LogP contribution in [0.15, 0.2) is 55.0 Å². The Labute approximate surface area is 171 Å². The number of imidazole rings is 1. The maximum absolute atomic E-state index is 12.8. The summed E-state index contributed by atoms with van der Waals surface area (Å²) in [6.07, 6.45) is 6.13. The largest absolute Gasteiger partial charge is 0.345 e. The van der Waals surface area contributed by atoms with Crippen LogP contribution in [-0.2, 0) is 6.42 Å². The van der Waals surface area contributed by atoms with Gasteiger partial charge < -0.3 is 10.3 Å². The van der Waals surface area contributed by atoms with E-state index in [0.717, 1.165) is 28.8 Å². The summed E-state index contributed by atoms with van der Waals surface area (Å²) in [5.41, 5.74) is 3.53. The average Bonchev–Trinajstić information content (AvgIpc) is 3.21. The van der Waals surface area contributed by atoms with Crippen molar-refractivity contribution in [1.82, 2.24) is 15.0 Å². The van der Waals surface area contributed by atoms with E-state index >= 15 is 0 Å². The first-order valence-corrected chi connectivity index (χ1v) is 9.51. The Hall–Kier alpha value is -2.89. The molecule has 0 aliphatic heterocycles. The van der Waals surface area contributed by atoms with Crippen LogP contribution in [0.3, 0.4) is 0 Å². The van der Waals surface area contributed by atoms with Crippen molar-refractivity contribution in [1.29, 1.82) is 0 Å². The van der Waals surface area contributed by atoms with Gasteiger partial charge in [0.2, 0.25) is 0 Å². The van der Waals surface area contributed by atoms with Gasteiger partial charge in [0.1, 0.15) is 5.82 Å². The van der Waals surface area contributed by atoms with Gasteiger partial charge in [-0.05, 0) is 30.2 Å². The van der Waals surface area contributed by atoms with Gasteiger partial charge in [-0.3, -0.25) is 9.78 Å². The van der Waals surface area contributed by atoms with Gasteiger partial charge in [0.05, 0.1) is 26.8 Å². The van der Waals surface area contributed by atoms with Gasteiger partial charge >= 0.3 is 0 Å². The highest BCUT2D eigenvalue weighted by Gasteiger charge is 2.18. The Morgan fingerprint density at radius 3 is 2.54 bits per heavy atom. The molecule has 2 N–H and O–H groups in total. The number of pyridine rings is 1. The van der Waals surface area contributed by atoms with Crippen LogP contribution in [0.25, 0.3) is 22.3 Å². The Bertz CT molecular complexity index is 1150. The molecule has 140 valence electrons. The van der Waals surface area contributed by atoms with Gasteiger partial charge in [-0.25, -0.2) is 4.98 Å². The summed E-state index contributed by atoms with van der Waals surface area (Å²) in [4.78, 5) is 25.0. The van der Waals surface area contributed by atoms with Crippen LogP contribution in [0.4, 0.5) is 5.69 Å². The number of anilines is 1. The molecule has 0 atom stereocenters. The molecule has 2 aromatic heterocycles. The van der Waals surface area contributed by atoms with E-state index in [4.69, 9.17) is 23.2 Å². The van der Waals surface area contributed by atoms with E-state index in [1.165, 1.54) is 0 Å². The normalized spacial score (nSPS) is 11.0. The predicted molar refractivity (Wildman–Crippen MR) is 113 cm³/mol. The summed E-state index contributed by atoms with van der Waals surface area (Å²) in [6, 6.07) is 10.6. The topological polar surface area (TPSA) is 70.7 Å². The number of amides is 1. The lowest BCUT2D eigenvalue weighted by Gasteiger charge is -2.14. The zero-order chi connectivity index (χ0) is 19.7. The molecule has 28 heavy (non-hydrogen) atoms. The fourth-order valence-electron chi connectivity index (χ4n) is 3.21. The lowest BCUT2D eigenvalue weighted by molar-refractivity contribution is 0.102. The van der Waals surface area contributed by atoms with E-state index in [1.54, 1.807) is 36.7 Å². The molecule has 4 aromatic rings. The van der Waals surface area contributed by atoms with Crippen LogP contribution in [-0.4, -0.2) is 20.9 Å². The van der Waals surface area contributed by atoms with Crippen molar-refractivity contribution in [2.45, 2.75) is 13.3 Å². The van der Waals surface area contributed by atoms with Crippen molar-refractivity contribution < 1.29 is 4.79 Å². The van der Waals surface area contributed by atoms with E-state index in [2.05, 4.69) is 27.2 Å². The minimum absolute atomic E-state index is 0.235. The predicted octanol–water partition coefficient (Wildman–Crippen LogP) is 5.75. The number of nitrogens with zero attached hydrogens (tertiary/aromatic N) is 2. The van der Waals surface area contributed by atoms with Crippen LogP contribution in [0.5, 0.6) is 0 Å². The lowest BCUT2D eigenvalue weighted by Crippen LogP contribution is -2.13. The highest BCUT2D eigenvalue weighted by Crippen LogP contribution is 2.33. The number of hydrogen-bond acceptors (Lipinski definition) is 3. The highest BCUT2D eigenvalue weighted by atomic mass is 35.5. The number of rotatable bonds is 4. The number of nitrogens with one attached hydrogen (secondary N) is 2. The molecule has 0 saturated carbocycles. The van der Waals surface area contributed by atoms with Crippen molar-refractivity contribution in [2.75, 3.05) is 5.32 Å². The number of aromatic amines is 1. The van der Waals surface area contributed by atoms with Crippen LogP contribution in [0, 0.1) is 0 Å². The smallest absolute Gasteiger partial charge is 0.258 e. The molecule has 2 aromatic carbocycles. The summed E-state index contributed by atoms with van der Waals surface area (Å²) in [5.74, 6) is 0.380. The first-order valence-electron chi connectivity index (χ1n) is 8.76. The van der Waals surface area contributed by atoms with Crippen molar-refractivity contribution in [2.24, 2.45) is 0 Å². The minimum atomic E-state index is -0.385. The van der Waals surface area contributed by atoms with Gasteiger partial charge in [0.15, 0.2) is 0 Å². The first kappa shape index (κ1) is 18.5. The molecule has 4 rings (SSSR count). The van der Waals surface area contributed by atoms with E-state index < -0.39 is 0 Å². The van der Waals surface area contributed by atoms with Gasteiger partial charge in [-0.2, -0.15) is 0 Å². The summed E-state index contributed by atoms with van der Waals surface area (Å²) in [5, 5.41) is 4.38. The number of aryl methyl sites for hydroxylation is 1. The van der Waals surface area contributed by atoms with Crippen LogP contribution in [0.1, 0.15) is 22.8 Å². The van der Waals surface area contributed by atoms with E-state index in [-0.39, 0.29) is 11.5 Å². The summed E-state index contributed by atoms with van der Waals surface area (Å²) in [6.45, 7) is 2.07. The second-order valence-electron chi connectivity index (χ2n) is 6.20. The number of halogens is 2. The molecule has 0 aliphatic rings. The molecule has 0 fully saturated rings. The average molecular weight is 411 g/mol. The van der Waals surface area contributed by atoms with Gasteiger partial charge in [0, 0.05) is 29.5 Å². The third-order valence-corrected chi connectivity index (χ3v) is 5.16. The van der Waals surface area contributed by atoms with E-state index in [9.17, 15) is 4.79 Å². The molecule has 7 heteroatoms. The molecule has 0 unspecified atom stereocenters. The second-order valence-corrected chi connectivity index (χ2v) is 7.02. The molecule has 0 spiro atoms. The summed E-state index contributed by atoms with van der Waals surface area (Å²) >= 11 is 12.3. The number of para-hydroxylation sites is 1. The number of fused-ring (bicyclic) bond motifs is 1. The van der Waals surface area contributed by atoms with Crippen molar-refractivity contribution in [3.05, 3.63) is 76.2 Å². The van der Waals surface area contributed by atoms with E-state index in [0.29, 0.717) is 21.2 Å². The fourth-order valence-corrected chi connectivity index (χ4v) is 3.78. The number of H-pyrrole nitrogens is 1. The van der Waals surface area contributed by atoms with Crippen molar-refractivity contribution >= 4 is 45.7 Å². The van der Waals surface area contributed by atoms with Gasteiger partial charge in [0.25, 0.3) is 5.91 Å². The molecule has 0 radical (unpaired) electrons.